The van der Waals surface area contributed by atoms with Crippen LogP contribution in [0.3, 0.4) is 0 Å². The molecule has 3 fully saturated rings. The van der Waals surface area contributed by atoms with Gasteiger partial charge in [0.2, 0.25) is 10.0 Å². The molecule has 2 bridgehead atoms. The molecule has 0 radical (unpaired) electrons. The first-order chi connectivity index (χ1) is 17.6. The zero-order valence-corrected chi connectivity index (χ0v) is 21.4. The van der Waals surface area contributed by atoms with E-state index in [1.165, 1.54) is 49.5 Å². The number of nitrogen functional groups attached to an aromatic ring is 1. The van der Waals surface area contributed by atoms with E-state index in [1.54, 1.807) is 13.0 Å². The molecule has 3 saturated carbocycles. The number of nitrogens with two attached hydrogens (primary N) is 1. The number of anilines is 1. The Kier molecular flexibility index (Phi) is 5.62. The van der Waals surface area contributed by atoms with Crippen LogP contribution in [0.1, 0.15) is 38.7 Å². The molecule has 0 saturated heterocycles. The molecule has 2 heterocycles. The molecule has 3 aliphatic carbocycles. The highest BCUT2D eigenvalue weighted by Gasteiger charge is 2.75. The number of nitrogens with zero attached hydrogens (tertiary/aromatic N) is 5. The number of carbonyl (C=O) groups is 1. The van der Waals surface area contributed by atoms with E-state index in [0.717, 1.165) is 5.56 Å². The molecule has 11 nitrogen and oxygen atoms in total. The van der Waals surface area contributed by atoms with Gasteiger partial charge < -0.3 is 10.5 Å². The predicted octanol–water partition coefficient (Wildman–Crippen LogP) is 2.70. The number of esters is 1. The van der Waals surface area contributed by atoms with Gasteiger partial charge in [0, 0.05) is 16.5 Å². The van der Waals surface area contributed by atoms with Crippen LogP contribution in [-0.2, 0) is 19.6 Å². The van der Waals surface area contributed by atoms with Gasteiger partial charge in [-0.3, -0.25) is 0 Å². The molecule has 0 aliphatic heterocycles. The van der Waals surface area contributed by atoms with E-state index in [-0.39, 0.29) is 35.8 Å². The summed E-state index contributed by atoms with van der Waals surface area (Å²) < 4.78 is 73.5. The van der Waals surface area contributed by atoms with Crippen LogP contribution in [-0.4, -0.2) is 56.4 Å². The van der Waals surface area contributed by atoms with Crippen molar-refractivity contribution < 1.29 is 31.1 Å². The van der Waals surface area contributed by atoms with E-state index in [0.29, 0.717) is 11.3 Å². The Morgan fingerprint density at radius 2 is 1.89 bits per heavy atom. The minimum atomic E-state index is -5.10. The van der Waals surface area contributed by atoms with Crippen LogP contribution >= 0.6 is 0 Å². The Morgan fingerprint density at radius 3 is 2.50 bits per heavy atom. The lowest BCUT2D eigenvalue weighted by molar-refractivity contribution is -0.272. The van der Waals surface area contributed by atoms with Gasteiger partial charge in [0.05, 0.1) is 16.8 Å². The van der Waals surface area contributed by atoms with Gasteiger partial charge in [-0.2, -0.15) is 23.0 Å². The maximum atomic E-state index is 13.3. The zero-order chi connectivity index (χ0) is 27.7. The molecule has 202 valence electrons. The number of aromatic nitrogens is 5. The van der Waals surface area contributed by atoms with Crippen LogP contribution < -0.4 is 10.5 Å². The largest absolute Gasteiger partial charge is 0.490 e. The number of nitrogens with one attached hydrogen (secondary N) is 1. The molecule has 0 unspecified atom stereocenters. The molecular weight excluding hydrogens is 527 g/mol. The molecule has 0 amide bonds. The molecule has 38 heavy (non-hydrogen) atoms. The summed E-state index contributed by atoms with van der Waals surface area (Å²) in [5.41, 5.74) is 4.61. The standard InChI is InChI=1S/C23H24F3N7O4S/c1-13-4-5-14(6-15(13)16-7-29-17(27)18(31-16)33-12-28-11-30-33)38(35,36)32-22-8-21(9-22,10-22)20(2,3)37-19(34)23(24,25)26/h4-7,11-12,32H,8-10H2,1-3H3,(H2,27,29). The summed E-state index contributed by atoms with van der Waals surface area (Å²) in [5.74, 6) is -1.91. The highest BCUT2D eigenvalue weighted by Crippen LogP contribution is 2.72. The minimum Gasteiger partial charge on any atom is -0.452 e. The van der Waals surface area contributed by atoms with Crippen LogP contribution in [0.4, 0.5) is 19.0 Å². The lowest BCUT2D eigenvalue weighted by Crippen LogP contribution is -2.80. The first-order valence-electron chi connectivity index (χ1n) is 11.5. The van der Waals surface area contributed by atoms with E-state index in [1.807, 2.05) is 0 Å². The molecule has 15 heteroatoms. The third-order valence-corrected chi connectivity index (χ3v) is 9.03. The fourth-order valence-electron chi connectivity index (χ4n) is 5.33. The van der Waals surface area contributed by atoms with Gasteiger partial charge in [-0.05, 0) is 57.7 Å². The molecular formula is C23H24F3N7O4S. The molecule has 3 aliphatic rings. The third kappa shape index (κ3) is 4.18. The maximum Gasteiger partial charge on any atom is 0.490 e. The van der Waals surface area contributed by atoms with Crippen LogP contribution in [0.5, 0.6) is 0 Å². The van der Waals surface area contributed by atoms with Crippen LogP contribution in [0, 0.1) is 12.3 Å². The van der Waals surface area contributed by atoms with Crippen molar-refractivity contribution in [2.24, 2.45) is 5.41 Å². The summed E-state index contributed by atoms with van der Waals surface area (Å²) in [5, 5.41) is 4.01. The predicted molar refractivity (Wildman–Crippen MR) is 127 cm³/mol. The first kappa shape index (κ1) is 26.0. The van der Waals surface area contributed by atoms with E-state index in [4.69, 9.17) is 10.5 Å². The smallest absolute Gasteiger partial charge is 0.452 e. The second kappa shape index (κ2) is 8.20. The molecule has 6 rings (SSSR count). The van der Waals surface area contributed by atoms with Gasteiger partial charge in [-0.25, -0.2) is 32.9 Å². The fraction of sp³-hybridized carbons (Fsp3) is 0.435. The average Bonchev–Trinajstić information content (AvgIpc) is 3.29. The maximum absolute atomic E-state index is 13.3. The Labute approximate surface area is 215 Å². The number of sulfonamides is 1. The topological polar surface area (TPSA) is 155 Å². The quantitative estimate of drug-likeness (QED) is 0.422. The Balaban J connectivity index is 1.35. The number of benzene rings is 1. The van der Waals surface area contributed by atoms with E-state index >= 15 is 0 Å². The number of ether oxygens (including phenoxy) is 1. The van der Waals surface area contributed by atoms with Gasteiger partial charge in [0.1, 0.15) is 18.3 Å². The number of alkyl halides is 3. The molecule has 0 atom stereocenters. The molecule has 3 aromatic rings. The van der Waals surface area contributed by atoms with Crippen LogP contribution in [0.2, 0.25) is 0 Å². The Hall–Kier alpha value is -3.59. The molecule has 2 aromatic heterocycles. The van der Waals surface area contributed by atoms with Crippen LogP contribution in [0.15, 0.2) is 41.9 Å². The van der Waals surface area contributed by atoms with Crippen molar-refractivity contribution in [3.8, 4) is 17.1 Å². The normalized spacial score (nSPS) is 22.9. The fourth-order valence-corrected chi connectivity index (χ4v) is 6.75. The van der Waals surface area contributed by atoms with E-state index in [2.05, 4.69) is 24.8 Å². The summed E-state index contributed by atoms with van der Waals surface area (Å²) in [6.45, 7) is 4.63. The van der Waals surface area contributed by atoms with Gasteiger partial charge in [0.25, 0.3) is 0 Å². The van der Waals surface area contributed by atoms with Gasteiger partial charge in [-0.1, -0.05) is 6.07 Å². The average molecular weight is 552 g/mol. The molecule has 1 aromatic carbocycles. The number of carbonyl (C=O) groups excluding carboxylic acids is 1. The van der Waals surface area contributed by atoms with Gasteiger partial charge in [-0.15, -0.1) is 0 Å². The van der Waals surface area contributed by atoms with Gasteiger partial charge >= 0.3 is 12.1 Å². The number of halogens is 3. The van der Waals surface area contributed by atoms with Crippen LogP contribution in [0.25, 0.3) is 17.1 Å². The zero-order valence-electron chi connectivity index (χ0n) is 20.6. The summed E-state index contributed by atoms with van der Waals surface area (Å²) in [4.78, 5) is 23.9. The second-order valence-corrected chi connectivity index (χ2v) is 12.1. The molecule has 0 spiro atoms. The lowest BCUT2D eigenvalue weighted by atomic mass is 9.35. The summed E-state index contributed by atoms with van der Waals surface area (Å²) >= 11 is 0. The van der Waals surface area contributed by atoms with Gasteiger partial charge in [0.15, 0.2) is 11.6 Å². The Bertz CT molecular complexity index is 1520. The first-order valence-corrected chi connectivity index (χ1v) is 13.0. The van der Waals surface area contributed by atoms with Crippen molar-refractivity contribution in [1.29, 1.82) is 0 Å². The lowest BCUT2D eigenvalue weighted by Gasteiger charge is -2.74. The van der Waals surface area contributed by atoms with Crippen molar-refractivity contribution in [1.82, 2.24) is 29.5 Å². The number of hydrogen-bond acceptors (Lipinski definition) is 9. The minimum absolute atomic E-state index is 0.0134. The number of aryl methyl sites for hydroxylation is 1. The summed E-state index contributed by atoms with van der Waals surface area (Å²) in [7, 11) is -4.01. The molecule has 3 N–H and O–H groups in total. The highest BCUT2D eigenvalue weighted by atomic mass is 32.2. The highest BCUT2D eigenvalue weighted by molar-refractivity contribution is 7.89. The summed E-state index contributed by atoms with van der Waals surface area (Å²) in [6, 6.07) is 4.57. The van der Waals surface area contributed by atoms with E-state index in [9.17, 15) is 26.4 Å². The third-order valence-electron chi connectivity index (χ3n) is 7.45. The SMILES string of the molecule is Cc1ccc(S(=O)(=O)NC23CC(C(C)(C)OC(=O)C(F)(F)F)(C2)C3)cc1-c1cnc(N)c(-n2cncn2)n1. The van der Waals surface area contributed by atoms with Crippen molar-refractivity contribution in [3.63, 3.8) is 0 Å². The van der Waals surface area contributed by atoms with Crippen molar-refractivity contribution in [2.75, 3.05) is 5.73 Å². The Morgan fingerprint density at radius 1 is 1.21 bits per heavy atom. The summed E-state index contributed by atoms with van der Waals surface area (Å²) in [6.07, 6.45) is -0.203. The number of rotatable bonds is 7. The van der Waals surface area contributed by atoms with Crippen molar-refractivity contribution in [2.45, 2.75) is 62.2 Å². The van der Waals surface area contributed by atoms with E-state index < -0.39 is 38.7 Å². The number of hydrogen-bond donors (Lipinski definition) is 2. The monoisotopic (exact) mass is 551 g/mol. The van der Waals surface area contributed by atoms with Crippen molar-refractivity contribution in [3.05, 3.63) is 42.6 Å². The van der Waals surface area contributed by atoms with Crippen molar-refractivity contribution >= 4 is 21.8 Å². The second-order valence-electron chi connectivity index (χ2n) is 10.4.